The normalized spacial score (nSPS) is 11.9. The zero-order valence-electron chi connectivity index (χ0n) is 11.7. The molecule has 0 fully saturated rings. The molecule has 0 saturated heterocycles. The summed E-state index contributed by atoms with van der Waals surface area (Å²) in [7, 11) is 0. The molecular weight excluding hydrogens is 256 g/mol. The van der Waals surface area contributed by atoms with Crippen LogP contribution in [-0.4, -0.2) is 28.7 Å². The van der Waals surface area contributed by atoms with Crippen molar-refractivity contribution in [1.82, 2.24) is 9.55 Å². The number of ether oxygens (including phenoxy) is 2. The molecule has 0 spiro atoms. The highest BCUT2D eigenvalue weighted by molar-refractivity contribution is 5.86. The number of carbonyl (C=O) groups excluding carboxylic acids is 1. The van der Waals surface area contributed by atoms with E-state index >= 15 is 0 Å². The summed E-state index contributed by atoms with van der Waals surface area (Å²) in [5.74, 6) is 0.424. The third-order valence-electron chi connectivity index (χ3n) is 2.83. The topological polar surface area (TPSA) is 53.4 Å². The number of aromatic nitrogens is 2. The zero-order chi connectivity index (χ0) is 14.4. The first-order chi connectivity index (χ1) is 9.70. The molecule has 0 N–H and O–H groups in total. The fourth-order valence-electron chi connectivity index (χ4n) is 1.71. The van der Waals surface area contributed by atoms with Crippen molar-refractivity contribution in [1.29, 1.82) is 0 Å². The van der Waals surface area contributed by atoms with Crippen molar-refractivity contribution in [2.24, 2.45) is 0 Å². The molecule has 2 rings (SSSR count). The average molecular weight is 274 g/mol. The first kappa shape index (κ1) is 14.1. The van der Waals surface area contributed by atoms with Gasteiger partial charge < -0.3 is 14.0 Å². The second-order valence-electron chi connectivity index (χ2n) is 4.40. The average Bonchev–Trinajstić information content (AvgIpc) is 2.96. The molecule has 106 valence electrons. The molecule has 2 aromatic rings. The summed E-state index contributed by atoms with van der Waals surface area (Å²) in [5, 5.41) is 0. The van der Waals surface area contributed by atoms with Crippen LogP contribution in [0.2, 0.25) is 0 Å². The van der Waals surface area contributed by atoms with Crippen LogP contribution in [0, 0.1) is 0 Å². The van der Waals surface area contributed by atoms with E-state index in [0.29, 0.717) is 18.9 Å². The van der Waals surface area contributed by atoms with Crippen LogP contribution in [-0.2, 0) is 4.74 Å². The fourth-order valence-corrected chi connectivity index (χ4v) is 1.71. The van der Waals surface area contributed by atoms with Crippen molar-refractivity contribution in [2.75, 3.05) is 13.2 Å². The van der Waals surface area contributed by atoms with Crippen LogP contribution in [0.25, 0.3) is 0 Å². The SMILES string of the molecule is CCOC(=O)c1cn(C(C)COc2ccccc2)cn1. The van der Waals surface area contributed by atoms with Gasteiger partial charge in [-0.2, -0.15) is 0 Å². The Morgan fingerprint density at radius 2 is 2.10 bits per heavy atom. The number of rotatable bonds is 6. The molecule has 1 aromatic heterocycles. The highest BCUT2D eigenvalue weighted by Crippen LogP contribution is 2.13. The number of esters is 1. The lowest BCUT2D eigenvalue weighted by molar-refractivity contribution is 0.0520. The van der Waals surface area contributed by atoms with Crippen LogP contribution in [0.1, 0.15) is 30.4 Å². The molecule has 1 heterocycles. The molecule has 0 aliphatic carbocycles. The van der Waals surface area contributed by atoms with E-state index in [9.17, 15) is 4.79 Å². The second kappa shape index (κ2) is 6.75. The van der Waals surface area contributed by atoms with E-state index in [4.69, 9.17) is 9.47 Å². The van der Waals surface area contributed by atoms with E-state index in [1.54, 1.807) is 19.4 Å². The van der Waals surface area contributed by atoms with Gasteiger partial charge in [-0.1, -0.05) is 18.2 Å². The number of imidazole rings is 1. The molecule has 1 atom stereocenters. The van der Waals surface area contributed by atoms with Crippen molar-refractivity contribution in [3.8, 4) is 5.75 Å². The van der Waals surface area contributed by atoms with Gasteiger partial charge in [0.05, 0.1) is 19.0 Å². The maximum absolute atomic E-state index is 11.5. The molecule has 0 amide bonds. The van der Waals surface area contributed by atoms with Gasteiger partial charge in [0.2, 0.25) is 0 Å². The minimum absolute atomic E-state index is 0.0749. The van der Waals surface area contributed by atoms with E-state index in [2.05, 4.69) is 4.98 Å². The number of nitrogens with zero attached hydrogens (tertiary/aromatic N) is 2. The lowest BCUT2D eigenvalue weighted by Crippen LogP contribution is -2.13. The predicted molar refractivity (Wildman–Crippen MR) is 74.8 cm³/mol. The fraction of sp³-hybridized carbons (Fsp3) is 0.333. The van der Waals surface area contributed by atoms with E-state index in [1.807, 2.05) is 41.8 Å². The Morgan fingerprint density at radius 1 is 1.35 bits per heavy atom. The Hall–Kier alpha value is -2.30. The lowest BCUT2D eigenvalue weighted by atomic mass is 10.3. The van der Waals surface area contributed by atoms with E-state index in [-0.39, 0.29) is 6.04 Å². The van der Waals surface area contributed by atoms with Crippen LogP contribution in [0.5, 0.6) is 5.75 Å². The van der Waals surface area contributed by atoms with Crippen molar-refractivity contribution in [3.05, 3.63) is 48.5 Å². The Balaban J connectivity index is 1.92. The zero-order valence-corrected chi connectivity index (χ0v) is 11.7. The molecule has 5 nitrogen and oxygen atoms in total. The largest absolute Gasteiger partial charge is 0.491 e. The summed E-state index contributed by atoms with van der Waals surface area (Å²) in [6, 6.07) is 9.69. The van der Waals surface area contributed by atoms with Crippen LogP contribution in [0.15, 0.2) is 42.9 Å². The van der Waals surface area contributed by atoms with Crippen molar-refractivity contribution < 1.29 is 14.3 Å². The first-order valence-electron chi connectivity index (χ1n) is 6.59. The summed E-state index contributed by atoms with van der Waals surface area (Å²) >= 11 is 0. The highest BCUT2D eigenvalue weighted by Gasteiger charge is 2.13. The monoisotopic (exact) mass is 274 g/mol. The Labute approximate surface area is 118 Å². The minimum Gasteiger partial charge on any atom is -0.491 e. The van der Waals surface area contributed by atoms with Gasteiger partial charge in [0.15, 0.2) is 5.69 Å². The number of hydrogen-bond donors (Lipinski definition) is 0. The minimum atomic E-state index is -0.401. The van der Waals surface area contributed by atoms with Gasteiger partial charge in [0.1, 0.15) is 12.4 Å². The molecule has 0 aliphatic heterocycles. The van der Waals surface area contributed by atoms with Gasteiger partial charge in [-0.05, 0) is 26.0 Å². The van der Waals surface area contributed by atoms with Gasteiger partial charge in [-0.3, -0.25) is 0 Å². The number of benzene rings is 1. The quantitative estimate of drug-likeness (QED) is 0.760. The Bertz CT molecular complexity index is 551. The summed E-state index contributed by atoms with van der Waals surface area (Å²) in [6.45, 7) is 4.62. The summed E-state index contributed by atoms with van der Waals surface area (Å²) in [5.41, 5.74) is 0.318. The van der Waals surface area contributed by atoms with Crippen LogP contribution in [0.4, 0.5) is 0 Å². The van der Waals surface area contributed by atoms with Gasteiger partial charge >= 0.3 is 5.97 Å². The van der Waals surface area contributed by atoms with Gasteiger partial charge in [0, 0.05) is 6.20 Å². The van der Waals surface area contributed by atoms with Gasteiger partial charge in [-0.15, -0.1) is 0 Å². The molecule has 0 bridgehead atoms. The van der Waals surface area contributed by atoms with Gasteiger partial charge in [-0.25, -0.2) is 9.78 Å². The molecular formula is C15H18N2O3. The number of para-hydroxylation sites is 1. The smallest absolute Gasteiger partial charge is 0.358 e. The third-order valence-corrected chi connectivity index (χ3v) is 2.83. The number of hydrogen-bond acceptors (Lipinski definition) is 4. The maximum Gasteiger partial charge on any atom is 0.358 e. The Kier molecular flexibility index (Phi) is 4.76. The van der Waals surface area contributed by atoms with Crippen molar-refractivity contribution in [3.63, 3.8) is 0 Å². The Morgan fingerprint density at radius 3 is 2.80 bits per heavy atom. The molecule has 5 heteroatoms. The van der Waals surface area contributed by atoms with E-state index in [1.165, 1.54) is 0 Å². The van der Waals surface area contributed by atoms with Crippen LogP contribution >= 0.6 is 0 Å². The number of carbonyl (C=O) groups is 1. The predicted octanol–water partition coefficient (Wildman–Crippen LogP) is 2.70. The summed E-state index contributed by atoms with van der Waals surface area (Å²) in [6.07, 6.45) is 3.29. The van der Waals surface area contributed by atoms with Crippen molar-refractivity contribution >= 4 is 5.97 Å². The summed E-state index contributed by atoms with van der Waals surface area (Å²) in [4.78, 5) is 15.6. The second-order valence-corrected chi connectivity index (χ2v) is 4.40. The molecule has 0 radical (unpaired) electrons. The van der Waals surface area contributed by atoms with Crippen LogP contribution < -0.4 is 4.74 Å². The lowest BCUT2D eigenvalue weighted by Gasteiger charge is -2.14. The first-order valence-corrected chi connectivity index (χ1v) is 6.59. The molecule has 0 saturated carbocycles. The van der Waals surface area contributed by atoms with Gasteiger partial charge in [0.25, 0.3) is 0 Å². The molecule has 1 unspecified atom stereocenters. The van der Waals surface area contributed by atoms with E-state index < -0.39 is 5.97 Å². The highest BCUT2D eigenvalue weighted by atomic mass is 16.5. The molecule has 0 aliphatic rings. The third kappa shape index (κ3) is 3.60. The molecule has 1 aromatic carbocycles. The molecule has 20 heavy (non-hydrogen) atoms. The standard InChI is InChI=1S/C15H18N2O3/c1-3-19-15(18)14-9-17(11-16-14)12(2)10-20-13-7-5-4-6-8-13/h4-9,11-12H,3,10H2,1-2H3. The summed E-state index contributed by atoms with van der Waals surface area (Å²) < 4.78 is 12.4. The van der Waals surface area contributed by atoms with Crippen LogP contribution in [0.3, 0.4) is 0 Å². The van der Waals surface area contributed by atoms with E-state index in [0.717, 1.165) is 5.75 Å². The van der Waals surface area contributed by atoms with Crippen molar-refractivity contribution in [2.45, 2.75) is 19.9 Å². The maximum atomic E-state index is 11.5.